The zero-order valence-electron chi connectivity index (χ0n) is 11.5. The molecule has 0 amide bonds. The molecule has 2 aromatic heterocycles. The van der Waals surface area contributed by atoms with Crippen molar-refractivity contribution in [1.82, 2.24) is 10.1 Å². The number of nitrogens with two attached hydrogens (primary N) is 1. The van der Waals surface area contributed by atoms with Gasteiger partial charge in [-0.15, -0.1) is 0 Å². The van der Waals surface area contributed by atoms with Crippen LogP contribution in [0.2, 0.25) is 0 Å². The second-order valence-corrected chi connectivity index (χ2v) is 5.01. The van der Waals surface area contributed by atoms with E-state index >= 15 is 0 Å². The van der Waals surface area contributed by atoms with E-state index in [1.54, 1.807) is 37.7 Å². The topological polar surface area (TPSA) is 83.4 Å². The van der Waals surface area contributed by atoms with Crippen LogP contribution in [0.5, 0.6) is 11.5 Å². The molecule has 0 saturated carbocycles. The zero-order chi connectivity index (χ0) is 14.8. The van der Waals surface area contributed by atoms with E-state index in [0.717, 1.165) is 5.56 Å². The van der Waals surface area contributed by atoms with Crippen molar-refractivity contribution in [1.29, 1.82) is 0 Å². The molecule has 0 bridgehead atoms. The summed E-state index contributed by atoms with van der Waals surface area (Å²) >= 11 is 1.57. The van der Waals surface area contributed by atoms with Crippen LogP contribution in [0.3, 0.4) is 0 Å². The highest BCUT2D eigenvalue weighted by molar-refractivity contribution is 7.08. The van der Waals surface area contributed by atoms with Gasteiger partial charge in [0.2, 0.25) is 5.82 Å². The minimum Gasteiger partial charge on any atom is -0.493 e. The molecule has 7 heteroatoms. The smallest absolute Gasteiger partial charge is 0.260 e. The number of nitrogen functional groups attached to an aromatic ring is 1. The first kappa shape index (κ1) is 13.4. The number of methoxy groups -OCH3 is 2. The third-order valence-electron chi connectivity index (χ3n) is 2.99. The first-order valence-corrected chi connectivity index (χ1v) is 7.05. The molecule has 2 heterocycles. The van der Waals surface area contributed by atoms with Gasteiger partial charge in [0.25, 0.3) is 5.89 Å². The van der Waals surface area contributed by atoms with Crippen LogP contribution in [0.25, 0.3) is 22.8 Å². The lowest BCUT2D eigenvalue weighted by molar-refractivity contribution is 0.355. The molecule has 108 valence electrons. The summed E-state index contributed by atoms with van der Waals surface area (Å²) in [5, 5.41) is 7.87. The standard InChI is InChI=1S/C14H13N3O3S/c1-18-11-5-9(10(15)6-12(11)19-2)14-16-13(17-20-14)8-3-4-21-7-8/h3-7H,15H2,1-2H3. The maximum atomic E-state index is 6.02. The van der Waals surface area contributed by atoms with Crippen LogP contribution in [-0.4, -0.2) is 24.4 Å². The first-order chi connectivity index (χ1) is 10.2. The number of hydrogen-bond donors (Lipinski definition) is 1. The fourth-order valence-electron chi connectivity index (χ4n) is 1.92. The van der Waals surface area contributed by atoms with E-state index in [4.69, 9.17) is 19.7 Å². The molecule has 1 aromatic carbocycles. The van der Waals surface area contributed by atoms with Crippen molar-refractivity contribution in [3.05, 3.63) is 29.0 Å². The van der Waals surface area contributed by atoms with E-state index in [0.29, 0.717) is 34.5 Å². The Kier molecular flexibility index (Phi) is 3.49. The van der Waals surface area contributed by atoms with Crippen molar-refractivity contribution >= 4 is 17.0 Å². The predicted molar refractivity (Wildman–Crippen MR) is 80.6 cm³/mol. The van der Waals surface area contributed by atoms with E-state index in [-0.39, 0.29) is 0 Å². The average molecular weight is 303 g/mol. The summed E-state index contributed by atoms with van der Waals surface area (Å²) in [6.45, 7) is 0. The monoisotopic (exact) mass is 303 g/mol. The number of ether oxygens (including phenoxy) is 2. The van der Waals surface area contributed by atoms with Crippen molar-refractivity contribution in [2.45, 2.75) is 0 Å². The van der Waals surface area contributed by atoms with E-state index in [1.807, 2.05) is 16.8 Å². The number of aromatic nitrogens is 2. The first-order valence-electron chi connectivity index (χ1n) is 6.11. The number of benzene rings is 1. The molecule has 0 saturated heterocycles. The van der Waals surface area contributed by atoms with Crippen molar-refractivity contribution in [3.8, 4) is 34.3 Å². The van der Waals surface area contributed by atoms with Crippen molar-refractivity contribution in [2.24, 2.45) is 0 Å². The SMILES string of the molecule is COc1cc(N)c(-c2nc(-c3ccsc3)no2)cc1OC. The Balaban J connectivity index is 2.04. The lowest BCUT2D eigenvalue weighted by Gasteiger charge is -2.10. The number of anilines is 1. The number of rotatable bonds is 4. The van der Waals surface area contributed by atoms with Crippen LogP contribution in [-0.2, 0) is 0 Å². The number of nitrogens with zero attached hydrogens (tertiary/aromatic N) is 2. The molecular formula is C14H13N3O3S. The maximum Gasteiger partial charge on any atom is 0.260 e. The Morgan fingerprint density at radius 2 is 1.95 bits per heavy atom. The molecule has 0 atom stereocenters. The van der Waals surface area contributed by atoms with E-state index in [1.165, 1.54) is 0 Å². The van der Waals surface area contributed by atoms with Gasteiger partial charge in [-0.3, -0.25) is 0 Å². The van der Waals surface area contributed by atoms with Gasteiger partial charge >= 0.3 is 0 Å². The largest absolute Gasteiger partial charge is 0.493 e. The lowest BCUT2D eigenvalue weighted by Crippen LogP contribution is -1.96. The van der Waals surface area contributed by atoms with Crippen LogP contribution < -0.4 is 15.2 Å². The highest BCUT2D eigenvalue weighted by atomic mass is 32.1. The summed E-state index contributed by atoms with van der Waals surface area (Å²) in [5.41, 5.74) is 8.02. The van der Waals surface area contributed by atoms with E-state index < -0.39 is 0 Å². The van der Waals surface area contributed by atoms with Crippen LogP contribution in [0, 0.1) is 0 Å². The highest BCUT2D eigenvalue weighted by Gasteiger charge is 2.17. The second kappa shape index (κ2) is 5.45. The van der Waals surface area contributed by atoms with Crippen LogP contribution in [0.15, 0.2) is 33.5 Å². The molecular weight excluding hydrogens is 290 g/mol. The normalized spacial score (nSPS) is 10.6. The second-order valence-electron chi connectivity index (χ2n) is 4.23. The van der Waals surface area contributed by atoms with Gasteiger partial charge < -0.3 is 19.7 Å². The van der Waals surface area contributed by atoms with Crippen LogP contribution in [0.1, 0.15) is 0 Å². The Hall–Kier alpha value is -2.54. The van der Waals surface area contributed by atoms with Gasteiger partial charge in [0.05, 0.1) is 19.8 Å². The summed E-state index contributed by atoms with van der Waals surface area (Å²) in [4.78, 5) is 4.37. The summed E-state index contributed by atoms with van der Waals surface area (Å²) in [5.74, 6) is 1.98. The van der Waals surface area contributed by atoms with Crippen LogP contribution in [0.4, 0.5) is 5.69 Å². The minimum atomic E-state index is 0.342. The predicted octanol–water partition coefficient (Wildman–Crippen LogP) is 3.06. The third-order valence-corrected chi connectivity index (χ3v) is 3.67. The number of hydrogen-bond acceptors (Lipinski definition) is 7. The van der Waals surface area contributed by atoms with Gasteiger partial charge in [-0.25, -0.2) is 0 Å². The Morgan fingerprint density at radius 3 is 2.62 bits per heavy atom. The molecule has 0 spiro atoms. The van der Waals surface area contributed by atoms with Crippen molar-refractivity contribution < 1.29 is 14.0 Å². The van der Waals surface area contributed by atoms with Gasteiger partial charge in [-0.1, -0.05) is 5.16 Å². The van der Waals surface area contributed by atoms with E-state index in [9.17, 15) is 0 Å². The fraction of sp³-hybridized carbons (Fsp3) is 0.143. The summed E-state index contributed by atoms with van der Waals surface area (Å²) in [6.07, 6.45) is 0. The van der Waals surface area contributed by atoms with Gasteiger partial charge in [0.1, 0.15) is 0 Å². The van der Waals surface area contributed by atoms with Crippen LogP contribution >= 0.6 is 11.3 Å². The third kappa shape index (κ3) is 2.43. The van der Waals surface area contributed by atoms with Gasteiger partial charge in [-0.2, -0.15) is 16.3 Å². The molecule has 6 nitrogen and oxygen atoms in total. The lowest BCUT2D eigenvalue weighted by atomic mass is 10.1. The Bertz CT molecular complexity index is 753. The maximum absolute atomic E-state index is 6.02. The highest BCUT2D eigenvalue weighted by Crippen LogP contribution is 2.37. The summed E-state index contributed by atoms with van der Waals surface area (Å²) in [6, 6.07) is 5.32. The average Bonchev–Trinajstić information content (AvgIpc) is 3.17. The van der Waals surface area contributed by atoms with E-state index in [2.05, 4.69) is 10.1 Å². The molecule has 0 radical (unpaired) electrons. The molecule has 2 N–H and O–H groups in total. The molecule has 0 unspecified atom stereocenters. The molecule has 0 aliphatic heterocycles. The van der Waals surface area contributed by atoms with Crippen molar-refractivity contribution in [3.63, 3.8) is 0 Å². The molecule has 0 aliphatic rings. The molecule has 0 aliphatic carbocycles. The van der Waals surface area contributed by atoms with Crippen molar-refractivity contribution in [2.75, 3.05) is 20.0 Å². The Morgan fingerprint density at radius 1 is 1.19 bits per heavy atom. The Labute approximate surface area is 125 Å². The van der Waals surface area contributed by atoms with Gasteiger partial charge in [0.15, 0.2) is 11.5 Å². The molecule has 21 heavy (non-hydrogen) atoms. The number of thiophene rings is 1. The summed E-state index contributed by atoms with van der Waals surface area (Å²) < 4.78 is 15.8. The molecule has 3 rings (SSSR count). The minimum absolute atomic E-state index is 0.342. The zero-order valence-corrected chi connectivity index (χ0v) is 12.3. The fourth-order valence-corrected chi connectivity index (χ4v) is 2.56. The quantitative estimate of drug-likeness (QED) is 0.746. The molecule has 3 aromatic rings. The van der Waals surface area contributed by atoms with Gasteiger partial charge in [-0.05, 0) is 17.5 Å². The summed E-state index contributed by atoms with van der Waals surface area (Å²) in [7, 11) is 3.11. The molecule has 0 fully saturated rings. The van der Waals surface area contributed by atoms with Gasteiger partial charge in [0, 0.05) is 22.7 Å².